The van der Waals surface area contributed by atoms with Gasteiger partial charge in [-0.05, 0) is 18.2 Å². The molecule has 2 heterocycles. The molecule has 26 heavy (non-hydrogen) atoms. The highest BCUT2D eigenvalue weighted by molar-refractivity contribution is 5.77. The average molecular weight is 358 g/mol. The summed E-state index contributed by atoms with van der Waals surface area (Å²) in [5.74, 6) is -0.549. The molecular weight excluding hydrogens is 343 g/mol. The van der Waals surface area contributed by atoms with Gasteiger partial charge in [-0.25, -0.2) is 18.7 Å². The summed E-state index contributed by atoms with van der Waals surface area (Å²) in [7, 11) is 0. The largest absolute Gasteiger partial charge is 0.481 e. The van der Waals surface area contributed by atoms with Crippen LogP contribution in [0.4, 0.5) is 4.39 Å². The zero-order chi connectivity index (χ0) is 18.4. The molecule has 0 saturated carbocycles. The summed E-state index contributed by atoms with van der Waals surface area (Å²) >= 11 is 0. The Balaban J connectivity index is 1.51. The fourth-order valence-electron chi connectivity index (χ4n) is 2.10. The molecule has 2 aromatic heterocycles. The highest BCUT2D eigenvalue weighted by Crippen LogP contribution is 2.14. The lowest BCUT2D eigenvalue weighted by atomic mass is 10.3. The molecule has 0 aliphatic heterocycles. The highest BCUT2D eigenvalue weighted by Gasteiger charge is 2.07. The van der Waals surface area contributed by atoms with Gasteiger partial charge in [0, 0.05) is 12.6 Å². The summed E-state index contributed by atoms with van der Waals surface area (Å²) in [6, 6.07) is 8.69. The normalized spacial score (nSPS) is 10.5. The first kappa shape index (κ1) is 17.3. The van der Waals surface area contributed by atoms with E-state index in [1.807, 2.05) is 0 Å². The van der Waals surface area contributed by atoms with Gasteiger partial charge in [0.2, 0.25) is 0 Å². The highest BCUT2D eigenvalue weighted by atomic mass is 19.1. The number of carbonyl (C=O) groups excluding carboxylic acids is 1. The monoisotopic (exact) mass is 358 g/mol. The number of nitrogens with one attached hydrogen (secondary N) is 1. The Bertz CT molecular complexity index is 941. The van der Waals surface area contributed by atoms with E-state index >= 15 is 0 Å². The van der Waals surface area contributed by atoms with Gasteiger partial charge in [0.05, 0.1) is 6.54 Å². The van der Waals surface area contributed by atoms with Crippen molar-refractivity contribution < 1.29 is 13.9 Å². The smallest absolute Gasteiger partial charge is 0.266 e. The first-order valence-corrected chi connectivity index (χ1v) is 7.71. The second-order valence-electron chi connectivity index (χ2n) is 5.16. The van der Waals surface area contributed by atoms with E-state index in [2.05, 4.69) is 20.5 Å². The van der Waals surface area contributed by atoms with E-state index < -0.39 is 11.7 Å². The lowest BCUT2D eigenvalue weighted by Gasteiger charge is -2.09. The van der Waals surface area contributed by atoms with Crippen molar-refractivity contribution in [2.75, 3.05) is 13.2 Å². The Kier molecular flexibility index (Phi) is 5.32. The number of para-hydroxylation sites is 1. The van der Waals surface area contributed by atoms with E-state index in [9.17, 15) is 14.0 Å². The zero-order valence-corrected chi connectivity index (χ0v) is 13.6. The standard InChI is InChI=1S/C16H15FN6O3/c17-12-3-1-2-4-13(12)26-9-15(24)19-7-8-22-16(25)6-5-14(21-22)23-11-18-10-20-23/h1-6,10-11H,7-9H2,(H,19,24). The number of carbonyl (C=O) groups is 1. The van der Waals surface area contributed by atoms with Crippen LogP contribution in [0.1, 0.15) is 0 Å². The van der Waals surface area contributed by atoms with Crippen LogP contribution in [-0.2, 0) is 11.3 Å². The minimum absolute atomic E-state index is 0.000990. The molecule has 0 bridgehead atoms. The number of halogens is 1. The Morgan fingerprint density at radius 2 is 2.08 bits per heavy atom. The molecule has 1 amide bonds. The summed E-state index contributed by atoms with van der Waals surface area (Å²) < 4.78 is 21.1. The van der Waals surface area contributed by atoms with Gasteiger partial charge >= 0.3 is 0 Å². The van der Waals surface area contributed by atoms with E-state index in [0.717, 1.165) is 0 Å². The minimum atomic E-state index is -0.541. The first-order chi connectivity index (χ1) is 12.6. The minimum Gasteiger partial charge on any atom is -0.481 e. The molecule has 0 fully saturated rings. The number of hydrogen-bond donors (Lipinski definition) is 1. The molecule has 1 aromatic carbocycles. The Labute approximate surface area is 147 Å². The molecule has 3 aromatic rings. The van der Waals surface area contributed by atoms with Crippen molar-refractivity contribution in [2.45, 2.75) is 6.54 Å². The number of rotatable bonds is 7. The summed E-state index contributed by atoms with van der Waals surface area (Å²) in [6.07, 6.45) is 2.81. The fraction of sp³-hybridized carbons (Fsp3) is 0.188. The van der Waals surface area contributed by atoms with Crippen LogP contribution in [0.15, 0.2) is 53.8 Å². The SMILES string of the molecule is O=C(COc1ccccc1F)NCCn1nc(-n2cncn2)ccc1=O. The molecule has 0 unspecified atom stereocenters. The Morgan fingerprint density at radius 1 is 1.23 bits per heavy atom. The molecule has 0 spiro atoms. The van der Waals surface area contributed by atoms with E-state index in [1.54, 1.807) is 6.07 Å². The Hall–Kier alpha value is -3.56. The van der Waals surface area contributed by atoms with Crippen molar-refractivity contribution >= 4 is 5.91 Å². The van der Waals surface area contributed by atoms with Crippen LogP contribution in [-0.4, -0.2) is 43.6 Å². The maximum Gasteiger partial charge on any atom is 0.266 e. The van der Waals surface area contributed by atoms with Crippen LogP contribution in [0.2, 0.25) is 0 Å². The molecule has 0 atom stereocenters. The second-order valence-corrected chi connectivity index (χ2v) is 5.16. The molecule has 3 rings (SSSR count). The maximum absolute atomic E-state index is 13.4. The van der Waals surface area contributed by atoms with Crippen LogP contribution in [0.5, 0.6) is 5.75 Å². The molecule has 9 nitrogen and oxygen atoms in total. The van der Waals surface area contributed by atoms with Gasteiger partial charge in [0.1, 0.15) is 12.7 Å². The molecular formula is C16H15FN6O3. The van der Waals surface area contributed by atoms with Crippen LogP contribution >= 0.6 is 0 Å². The van der Waals surface area contributed by atoms with E-state index in [-0.39, 0.29) is 31.0 Å². The van der Waals surface area contributed by atoms with Gasteiger partial charge in [-0.1, -0.05) is 12.1 Å². The van der Waals surface area contributed by atoms with Crippen molar-refractivity contribution in [3.8, 4) is 11.6 Å². The van der Waals surface area contributed by atoms with Crippen LogP contribution in [0, 0.1) is 5.82 Å². The molecule has 134 valence electrons. The summed E-state index contributed by atoms with van der Waals surface area (Å²) in [4.78, 5) is 27.4. The lowest BCUT2D eigenvalue weighted by Crippen LogP contribution is -2.34. The Morgan fingerprint density at radius 3 is 2.85 bits per heavy atom. The third-order valence-electron chi connectivity index (χ3n) is 3.35. The van der Waals surface area contributed by atoms with Crippen molar-refractivity contribution in [1.82, 2.24) is 29.9 Å². The van der Waals surface area contributed by atoms with Crippen molar-refractivity contribution in [1.29, 1.82) is 0 Å². The quantitative estimate of drug-likeness (QED) is 0.645. The molecule has 0 aliphatic carbocycles. The third kappa shape index (κ3) is 4.29. The number of nitrogens with zero attached hydrogens (tertiary/aromatic N) is 5. The van der Waals surface area contributed by atoms with Gasteiger partial charge < -0.3 is 10.1 Å². The number of benzene rings is 1. The predicted molar refractivity (Wildman–Crippen MR) is 88.3 cm³/mol. The molecule has 10 heteroatoms. The van der Waals surface area contributed by atoms with Crippen molar-refractivity contribution in [2.24, 2.45) is 0 Å². The van der Waals surface area contributed by atoms with Gasteiger partial charge in [-0.15, -0.1) is 5.10 Å². The number of aromatic nitrogens is 5. The van der Waals surface area contributed by atoms with Crippen molar-refractivity contribution in [3.05, 3.63) is 65.2 Å². The summed E-state index contributed by atoms with van der Waals surface area (Å²) in [6.45, 7) is -0.0117. The first-order valence-electron chi connectivity index (χ1n) is 7.71. The number of ether oxygens (including phenoxy) is 1. The molecule has 0 aliphatic rings. The number of amides is 1. The van der Waals surface area contributed by atoms with E-state index in [4.69, 9.17) is 4.74 Å². The van der Waals surface area contributed by atoms with Crippen LogP contribution < -0.4 is 15.6 Å². The van der Waals surface area contributed by atoms with Gasteiger partial charge in [-0.2, -0.15) is 5.10 Å². The van der Waals surface area contributed by atoms with Gasteiger partial charge in [0.15, 0.2) is 24.0 Å². The third-order valence-corrected chi connectivity index (χ3v) is 3.35. The molecule has 0 saturated heterocycles. The van der Waals surface area contributed by atoms with Crippen LogP contribution in [0.25, 0.3) is 5.82 Å². The lowest BCUT2D eigenvalue weighted by molar-refractivity contribution is -0.123. The molecule has 1 N–H and O–H groups in total. The van der Waals surface area contributed by atoms with Gasteiger partial charge in [0.25, 0.3) is 11.5 Å². The zero-order valence-electron chi connectivity index (χ0n) is 13.6. The molecule has 0 radical (unpaired) electrons. The topological polar surface area (TPSA) is 104 Å². The fourth-order valence-corrected chi connectivity index (χ4v) is 2.10. The second kappa shape index (κ2) is 8.01. The van der Waals surface area contributed by atoms with Crippen LogP contribution in [0.3, 0.4) is 0 Å². The maximum atomic E-state index is 13.4. The predicted octanol–water partition coefficient (Wildman–Crippen LogP) is 0.158. The summed E-state index contributed by atoms with van der Waals surface area (Å²) in [5, 5.41) is 10.7. The summed E-state index contributed by atoms with van der Waals surface area (Å²) in [5.41, 5.74) is -0.314. The number of hydrogen-bond acceptors (Lipinski definition) is 6. The van der Waals surface area contributed by atoms with E-state index in [0.29, 0.717) is 5.82 Å². The van der Waals surface area contributed by atoms with Gasteiger partial charge in [-0.3, -0.25) is 9.59 Å². The van der Waals surface area contributed by atoms with Crippen molar-refractivity contribution in [3.63, 3.8) is 0 Å². The average Bonchev–Trinajstić information content (AvgIpc) is 3.17. The van der Waals surface area contributed by atoms with E-state index in [1.165, 1.54) is 52.4 Å².